The van der Waals surface area contributed by atoms with Gasteiger partial charge in [-0.25, -0.2) is 4.98 Å². The summed E-state index contributed by atoms with van der Waals surface area (Å²) in [5.74, 6) is 0.301. The summed E-state index contributed by atoms with van der Waals surface area (Å²) >= 11 is 1.72. The van der Waals surface area contributed by atoms with E-state index < -0.39 is 0 Å². The molecule has 0 saturated carbocycles. The lowest BCUT2D eigenvalue weighted by Crippen LogP contribution is -2.03. The van der Waals surface area contributed by atoms with Crippen molar-refractivity contribution in [1.82, 2.24) is 4.98 Å². The minimum absolute atomic E-state index is 0.232. The summed E-state index contributed by atoms with van der Waals surface area (Å²) in [4.78, 5) is 4.51. The number of aliphatic hydroxyl groups excluding tert-OH is 1. The lowest BCUT2D eigenvalue weighted by molar-refractivity contribution is 0.237. The van der Waals surface area contributed by atoms with Gasteiger partial charge in [0.05, 0.1) is 15.2 Å². The minimum atomic E-state index is 0.232. The predicted molar refractivity (Wildman–Crippen MR) is 59.6 cm³/mol. The van der Waals surface area contributed by atoms with Crippen molar-refractivity contribution in [3.05, 3.63) is 29.3 Å². The molecule has 0 radical (unpaired) electrons. The maximum atomic E-state index is 8.95. The highest BCUT2D eigenvalue weighted by molar-refractivity contribution is 7.18. The molecule has 74 valence electrons. The van der Waals surface area contributed by atoms with E-state index in [1.165, 1.54) is 4.70 Å². The first kappa shape index (κ1) is 9.62. The van der Waals surface area contributed by atoms with E-state index in [9.17, 15) is 0 Å². The molecule has 0 aliphatic rings. The summed E-state index contributed by atoms with van der Waals surface area (Å²) in [5, 5.41) is 10.1. The van der Waals surface area contributed by atoms with E-state index in [-0.39, 0.29) is 6.61 Å². The molecule has 0 aliphatic carbocycles. The van der Waals surface area contributed by atoms with Crippen LogP contribution < -0.4 is 0 Å². The fourth-order valence-electron chi connectivity index (χ4n) is 1.37. The quantitative estimate of drug-likeness (QED) is 0.838. The Kier molecular flexibility index (Phi) is 2.79. The molecule has 0 spiro atoms. The van der Waals surface area contributed by atoms with Gasteiger partial charge in [0, 0.05) is 13.0 Å². The summed E-state index contributed by atoms with van der Waals surface area (Å²) < 4.78 is 1.23. The molecule has 0 fully saturated rings. The molecule has 0 amide bonds. The van der Waals surface area contributed by atoms with Crippen LogP contribution in [0.1, 0.15) is 11.9 Å². The van der Waals surface area contributed by atoms with Crippen LogP contribution in [0.5, 0.6) is 0 Å². The average Bonchev–Trinajstić information content (AvgIpc) is 2.59. The monoisotopic (exact) mass is 207 g/mol. The molecule has 3 heteroatoms. The van der Waals surface area contributed by atoms with Crippen LogP contribution in [0.25, 0.3) is 10.2 Å². The van der Waals surface area contributed by atoms with Gasteiger partial charge in [-0.2, -0.15) is 0 Å². The number of hydrogen-bond donors (Lipinski definition) is 1. The largest absolute Gasteiger partial charge is 0.396 e. The molecule has 2 rings (SSSR count). The molecule has 1 aromatic carbocycles. The molecule has 1 heterocycles. The number of fused-ring (bicyclic) bond motifs is 1. The topological polar surface area (TPSA) is 33.1 Å². The normalized spacial score (nSPS) is 13.3. The van der Waals surface area contributed by atoms with E-state index in [1.807, 2.05) is 25.1 Å². The Balaban J connectivity index is 2.27. The van der Waals surface area contributed by atoms with Gasteiger partial charge in [0.15, 0.2) is 0 Å². The number of thiazole rings is 1. The zero-order valence-corrected chi connectivity index (χ0v) is 8.92. The molecule has 0 aliphatic heterocycles. The smallest absolute Gasteiger partial charge is 0.0942 e. The Labute approximate surface area is 87.2 Å². The second kappa shape index (κ2) is 4.07. The van der Waals surface area contributed by atoms with Crippen molar-refractivity contribution < 1.29 is 5.11 Å². The van der Waals surface area contributed by atoms with Gasteiger partial charge in [-0.1, -0.05) is 19.1 Å². The standard InChI is InChI=1S/C11H13NOS/c1-8(7-13)6-11-12-9-4-2-3-5-10(9)14-11/h2-5,8,13H,6-7H2,1H3. The molecule has 1 aromatic heterocycles. The third kappa shape index (κ3) is 1.94. The van der Waals surface area contributed by atoms with Gasteiger partial charge in [-0.05, 0) is 18.1 Å². The number of rotatable bonds is 3. The van der Waals surface area contributed by atoms with E-state index in [1.54, 1.807) is 11.3 Å². The Hall–Kier alpha value is -0.930. The molecule has 1 unspecified atom stereocenters. The number of hydrogen-bond acceptors (Lipinski definition) is 3. The Morgan fingerprint density at radius 3 is 2.93 bits per heavy atom. The number of aromatic nitrogens is 1. The molecular weight excluding hydrogens is 194 g/mol. The predicted octanol–water partition coefficient (Wildman–Crippen LogP) is 2.47. The zero-order chi connectivity index (χ0) is 9.97. The van der Waals surface area contributed by atoms with E-state index >= 15 is 0 Å². The van der Waals surface area contributed by atoms with Crippen LogP contribution >= 0.6 is 11.3 Å². The molecule has 1 N–H and O–H groups in total. The molecule has 0 bridgehead atoms. The molecule has 1 atom stereocenters. The van der Waals surface area contributed by atoms with Gasteiger partial charge < -0.3 is 5.11 Å². The van der Waals surface area contributed by atoms with Crippen LogP contribution in [0.15, 0.2) is 24.3 Å². The summed E-state index contributed by atoms with van der Waals surface area (Å²) in [5.41, 5.74) is 1.07. The molecule has 2 nitrogen and oxygen atoms in total. The number of nitrogens with zero attached hydrogens (tertiary/aromatic N) is 1. The van der Waals surface area contributed by atoms with Crippen LogP contribution in [-0.2, 0) is 6.42 Å². The fourth-order valence-corrected chi connectivity index (χ4v) is 2.50. The number of para-hydroxylation sites is 1. The lowest BCUT2D eigenvalue weighted by Gasteiger charge is -2.02. The van der Waals surface area contributed by atoms with Crippen molar-refractivity contribution in [2.45, 2.75) is 13.3 Å². The van der Waals surface area contributed by atoms with Crippen LogP contribution in [-0.4, -0.2) is 16.7 Å². The van der Waals surface area contributed by atoms with Crippen LogP contribution in [0.3, 0.4) is 0 Å². The first-order valence-corrected chi connectivity index (χ1v) is 5.56. The second-order valence-electron chi connectivity index (χ2n) is 3.57. The van der Waals surface area contributed by atoms with E-state index in [0.717, 1.165) is 16.9 Å². The van der Waals surface area contributed by atoms with Gasteiger partial charge >= 0.3 is 0 Å². The third-order valence-electron chi connectivity index (χ3n) is 2.17. The highest BCUT2D eigenvalue weighted by Crippen LogP contribution is 2.23. The maximum Gasteiger partial charge on any atom is 0.0942 e. The Morgan fingerprint density at radius 1 is 1.43 bits per heavy atom. The number of benzene rings is 1. The van der Waals surface area contributed by atoms with Gasteiger partial charge in [0.2, 0.25) is 0 Å². The van der Waals surface area contributed by atoms with Crippen molar-refractivity contribution in [3.63, 3.8) is 0 Å². The van der Waals surface area contributed by atoms with Gasteiger partial charge in [-0.3, -0.25) is 0 Å². The van der Waals surface area contributed by atoms with E-state index in [0.29, 0.717) is 5.92 Å². The summed E-state index contributed by atoms with van der Waals surface area (Å²) in [6.45, 7) is 2.27. The van der Waals surface area contributed by atoms with Gasteiger partial charge in [0.25, 0.3) is 0 Å². The first-order valence-electron chi connectivity index (χ1n) is 4.75. The summed E-state index contributed by atoms with van der Waals surface area (Å²) in [7, 11) is 0. The SMILES string of the molecule is CC(CO)Cc1nc2ccccc2s1. The van der Waals surface area contributed by atoms with Crippen molar-refractivity contribution in [2.24, 2.45) is 5.92 Å². The average molecular weight is 207 g/mol. The van der Waals surface area contributed by atoms with Crippen molar-refractivity contribution in [3.8, 4) is 0 Å². The van der Waals surface area contributed by atoms with Gasteiger partial charge in [-0.15, -0.1) is 11.3 Å². The van der Waals surface area contributed by atoms with E-state index in [4.69, 9.17) is 5.11 Å². The minimum Gasteiger partial charge on any atom is -0.396 e. The van der Waals surface area contributed by atoms with E-state index in [2.05, 4.69) is 11.1 Å². The molecule has 14 heavy (non-hydrogen) atoms. The van der Waals surface area contributed by atoms with Crippen molar-refractivity contribution >= 4 is 21.6 Å². The Bertz CT molecular complexity index is 391. The highest BCUT2D eigenvalue weighted by atomic mass is 32.1. The second-order valence-corrected chi connectivity index (χ2v) is 4.68. The maximum absolute atomic E-state index is 8.95. The fraction of sp³-hybridized carbons (Fsp3) is 0.364. The van der Waals surface area contributed by atoms with Crippen LogP contribution in [0.4, 0.5) is 0 Å². The van der Waals surface area contributed by atoms with Crippen molar-refractivity contribution in [2.75, 3.05) is 6.61 Å². The zero-order valence-electron chi connectivity index (χ0n) is 8.10. The highest BCUT2D eigenvalue weighted by Gasteiger charge is 2.07. The summed E-state index contributed by atoms with van der Waals surface area (Å²) in [6, 6.07) is 8.14. The molecule has 2 aromatic rings. The Morgan fingerprint density at radius 2 is 2.21 bits per heavy atom. The number of aliphatic hydroxyl groups is 1. The first-order chi connectivity index (χ1) is 6.79. The molecular formula is C11H13NOS. The molecule has 0 saturated heterocycles. The summed E-state index contributed by atoms with van der Waals surface area (Å²) in [6.07, 6.45) is 0.871. The van der Waals surface area contributed by atoms with Crippen molar-refractivity contribution in [1.29, 1.82) is 0 Å². The van der Waals surface area contributed by atoms with Crippen LogP contribution in [0.2, 0.25) is 0 Å². The third-order valence-corrected chi connectivity index (χ3v) is 3.23. The lowest BCUT2D eigenvalue weighted by atomic mass is 10.1. The van der Waals surface area contributed by atoms with Gasteiger partial charge in [0.1, 0.15) is 0 Å². The van der Waals surface area contributed by atoms with Crippen LogP contribution in [0, 0.1) is 5.92 Å².